The Balaban J connectivity index is 3.28. The molecule has 0 bridgehead atoms. The zero-order chi connectivity index (χ0) is 11.6. The van der Waals surface area contributed by atoms with Gasteiger partial charge in [0, 0.05) is 7.05 Å². The predicted molar refractivity (Wildman–Crippen MR) is 57.9 cm³/mol. The number of nitrogens with zero attached hydrogens (tertiary/aromatic N) is 1. The molecule has 4 nitrogen and oxygen atoms in total. The second-order valence-corrected chi connectivity index (χ2v) is 5.27. The number of hydrogen-bond acceptors (Lipinski definition) is 3. The highest BCUT2D eigenvalue weighted by molar-refractivity contribution is 7.89. The van der Waals surface area contributed by atoms with Crippen LogP contribution in [0.3, 0.4) is 0 Å². The monoisotopic (exact) mass is 229 g/mol. The van der Waals surface area contributed by atoms with Crippen LogP contribution in [0.15, 0.2) is 23.1 Å². The van der Waals surface area contributed by atoms with Crippen molar-refractivity contribution in [3.8, 4) is 0 Å². The molecule has 0 saturated heterocycles. The van der Waals surface area contributed by atoms with Crippen LogP contribution >= 0.6 is 0 Å². The van der Waals surface area contributed by atoms with Crippen LogP contribution in [0.2, 0.25) is 0 Å². The fourth-order valence-corrected chi connectivity index (χ4v) is 2.50. The van der Waals surface area contributed by atoms with E-state index in [-0.39, 0.29) is 4.90 Å². The van der Waals surface area contributed by atoms with Gasteiger partial charge in [-0.15, -0.1) is 0 Å². The molecule has 0 N–H and O–H groups in total. The Morgan fingerprint density at radius 2 is 1.87 bits per heavy atom. The van der Waals surface area contributed by atoms with Crippen molar-refractivity contribution in [1.82, 2.24) is 4.47 Å². The topological polar surface area (TPSA) is 46.6 Å². The van der Waals surface area contributed by atoms with Crippen molar-refractivity contribution in [1.29, 1.82) is 0 Å². The van der Waals surface area contributed by atoms with E-state index < -0.39 is 10.0 Å². The minimum atomic E-state index is -3.53. The van der Waals surface area contributed by atoms with Gasteiger partial charge < -0.3 is 0 Å². The summed E-state index contributed by atoms with van der Waals surface area (Å²) in [5.74, 6) is 0. The Labute approximate surface area is 90.5 Å². The summed E-state index contributed by atoms with van der Waals surface area (Å²) in [6.45, 7) is 3.69. The minimum Gasteiger partial charge on any atom is -0.288 e. The third kappa shape index (κ3) is 2.37. The Morgan fingerprint density at radius 1 is 1.27 bits per heavy atom. The predicted octanol–water partition coefficient (Wildman–Crippen LogP) is 1.49. The number of sulfonamides is 1. The molecule has 0 aromatic heterocycles. The number of hydrogen-bond donors (Lipinski definition) is 0. The van der Waals surface area contributed by atoms with E-state index in [2.05, 4.69) is 0 Å². The molecule has 1 rings (SSSR count). The van der Waals surface area contributed by atoms with E-state index in [4.69, 9.17) is 4.84 Å². The molecule has 5 heteroatoms. The lowest BCUT2D eigenvalue weighted by Crippen LogP contribution is -2.26. The number of benzene rings is 1. The first-order chi connectivity index (χ1) is 6.89. The highest BCUT2D eigenvalue weighted by Gasteiger charge is 2.22. The van der Waals surface area contributed by atoms with Crippen LogP contribution in [0.5, 0.6) is 0 Å². The van der Waals surface area contributed by atoms with E-state index in [1.165, 1.54) is 14.2 Å². The number of aryl methyl sites for hydroxylation is 2. The third-order valence-electron chi connectivity index (χ3n) is 2.20. The molecule has 0 radical (unpaired) electrons. The van der Waals surface area contributed by atoms with Gasteiger partial charge in [-0.3, -0.25) is 4.84 Å². The Kier molecular flexibility index (Phi) is 3.49. The summed E-state index contributed by atoms with van der Waals surface area (Å²) in [7, 11) is -0.835. The smallest absolute Gasteiger partial charge is 0.264 e. The molecule has 0 spiro atoms. The second kappa shape index (κ2) is 4.30. The van der Waals surface area contributed by atoms with E-state index in [1.54, 1.807) is 19.1 Å². The highest BCUT2D eigenvalue weighted by atomic mass is 32.2. The van der Waals surface area contributed by atoms with Gasteiger partial charge in [0.25, 0.3) is 10.0 Å². The fraction of sp³-hybridized carbons (Fsp3) is 0.400. The summed E-state index contributed by atoms with van der Waals surface area (Å²) in [6, 6.07) is 5.19. The van der Waals surface area contributed by atoms with Gasteiger partial charge in [0.15, 0.2) is 0 Å². The van der Waals surface area contributed by atoms with Crippen LogP contribution in [0.1, 0.15) is 11.1 Å². The van der Waals surface area contributed by atoms with Crippen molar-refractivity contribution in [2.45, 2.75) is 18.7 Å². The molecule has 84 valence electrons. The van der Waals surface area contributed by atoms with Gasteiger partial charge in [-0.2, -0.15) is 0 Å². The van der Waals surface area contributed by atoms with Gasteiger partial charge in [0.05, 0.1) is 12.0 Å². The Morgan fingerprint density at radius 3 is 2.33 bits per heavy atom. The third-order valence-corrected chi connectivity index (χ3v) is 4.04. The van der Waals surface area contributed by atoms with Crippen LogP contribution in [-0.4, -0.2) is 27.0 Å². The summed E-state index contributed by atoms with van der Waals surface area (Å²) in [4.78, 5) is 4.98. The molecule has 0 atom stereocenters. The summed E-state index contributed by atoms with van der Waals surface area (Å²) in [6.07, 6.45) is 0. The highest BCUT2D eigenvalue weighted by Crippen LogP contribution is 2.19. The zero-order valence-electron chi connectivity index (χ0n) is 9.31. The van der Waals surface area contributed by atoms with Crippen LogP contribution in [0.4, 0.5) is 0 Å². The van der Waals surface area contributed by atoms with E-state index in [9.17, 15) is 8.42 Å². The van der Waals surface area contributed by atoms with Crippen molar-refractivity contribution in [3.63, 3.8) is 0 Å². The molecule has 0 amide bonds. The molecule has 0 aliphatic rings. The van der Waals surface area contributed by atoms with Gasteiger partial charge in [-0.1, -0.05) is 22.2 Å². The molecule has 1 aromatic carbocycles. The maximum atomic E-state index is 11.9. The van der Waals surface area contributed by atoms with E-state index >= 15 is 0 Å². The standard InChI is InChI=1S/C10H15NO3S/c1-8-5-6-10(9(2)7-8)15(12,13)11(3)14-4/h5-7H,1-4H3. The van der Waals surface area contributed by atoms with Crippen LogP contribution < -0.4 is 0 Å². The maximum absolute atomic E-state index is 11.9. The number of hydroxylamine groups is 1. The summed E-state index contributed by atoms with van der Waals surface area (Å²) >= 11 is 0. The second-order valence-electron chi connectivity index (χ2n) is 3.37. The van der Waals surface area contributed by atoms with Gasteiger partial charge in [-0.25, -0.2) is 8.42 Å². The van der Waals surface area contributed by atoms with Crippen molar-refractivity contribution >= 4 is 10.0 Å². The van der Waals surface area contributed by atoms with Gasteiger partial charge in [-0.05, 0) is 25.5 Å². The molecule has 0 fully saturated rings. The SMILES string of the molecule is CON(C)S(=O)(=O)c1ccc(C)cc1C. The molecule has 0 unspecified atom stereocenters. The summed E-state index contributed by atoms with van der Waals surface area (Å²) in [5, 5.41) is 0. The molecule has 0 heterocycles. The molecule has 15 heavy (non-hydrogen) atoms. The zero-order valence-corrected chi connectivity index (χ0v) is 10.1. The van der Waals surface area contributed by atoms with Crippen molar-refractivity contribution < 1.29 is 13.3 Å². The number of rotatable bonds is 3. The van der Waals surface area contributed by atoms with Crippen LogP contribution in [-0.2, 0) is 14.9 Å². The average molecular weight is 229 g/mol. The Hall–Kier alpha value is -0.910. The first kappa shape index (κ1) is 12.2. The van der Waals surface area contributed by atoms with Crippen LogP contribution in [0.25, 0.3) is 0 Å². The van der Waals surface area contributed by atoms with Crippen molar-refractivity contribution in [3.05, 3.63) is 29.3 Å². The lowest BCUT2D eigenvalue weighted by Gasteiger charge is -2.15. The molecule has 0 aliphatic heterocycles. The largest absolute Gasteiger partial charge is 0.288 e. The van der Waals surface area contributed by atoms with Gasteiger partial charge in [0.2, 0.25) is 0 Å². The van der Waals surface area contributed by atoms with Gasteiger partial charge >= 0.3 is 0 Å². The molecule has 0 saturated carbocycles. The molecular formula is C10H15NO3S. The lowest BCUT2D eigenvalue weighted by molar-refractivity contribution is -0.0258. The normalized spacial score (nSPS) is 12.1. The summed E-state index contributed by atoms with van der Waals surface area (Å²) < 4.78 is 24.6. The van der Waals surface area contributed by atoms with E-state index in [0.717, 1.165) is 15.6 Å². The first-order valence-electron chi connectivity index (χ1n) is 4.50. The minimum absolute atomic E-state index is 0.275. The lowest BCUT2D eigenvalue weighted by atomic mass is 10.2. The van der Waals surface area contributed by atoms with Crippen LogP contribution in [0, 0.1) is 13.8 Å². The van der Waals surface area contributed by atoms with E-state index in [1.807, 2.05) is 13.0 Å². The maximum Gasteiger partial charge on any atom is 0.264 e. The van der Waals surface area contributed by atoms with Crippen molar-refractivity contribution in [2.75, 3.05) is 14.2 Å². The average Bonchev–Trinajstić information content (AvgIpc) is 2.15. The Bertz CT molecular complexity index is 454. The quantitative estimate of drug-likeness (QED) is 0.738. The molecule has 1 aromatic rings. The first-order valence-corrected chi connectivity index (χ1v) is 5.94. The molecular weight excluding hydrogens is 214 g/mol. The van der Waals surface area contributed by atoms with E-state index in [0.29, 0.717) is 0 Å². The van der Waals surface area contributed by atoms with Gasteiger partial charge in [0.1, 0.15) is 0 Å². The fourth-order valence-electron chi connectivity index (χ4n) is 1.33. The van der Waals surface area contributed by atoms with Crippen molar-refractivity contribution in [2.24, 2.45) is 0 Å². The molecule has 0 aliphatic carbocycles. The summed E-state index contributed by atoms with van der Waals surface area (Å²) in [5.41, 5.74) is 1.76.